The number of thioether (sulfide) groups is 1. The van der Waals surface area contributed by atoms with Crippen LogP contribution in [0.4, 0.5) is 0 Å². The Balaban J connectivity index is 2.66. The normalized spacial score (nSPS) is 14.1. The van der Waals surface area contributed by atoms with E-state index in [9.17, 15) is 4.79 Å². The molecule has 3 nitrogen and oxygen atoms in total. The average Bonchev–Trinajstić information content (AvgIpc) is 2.33. The molecule has 0 aliphatic rings. The summed E-state index contributed by atoms with van der Waals surface area (Å²) < 4.78 is 0. The summed E-state index contributed by atoms with van der Waals surface area (Å²) in [6, 6.07) is 4.88. The SMILES string of the molecule is CC(CO)NC(=O)C(C)Sc1cc(Cl)ccc1Cl. The molecule has 0 fully saturated rings. The summed E-state index contributed by atoms with van der Waals surface area (Å²) in [6.45, 7) is 3.43. The first-order valence-electron chi connectivity index (χ1n) is 5.47. The summed E-state index contributed by atoms with van der Waals surface area (Å²) in [5, 5.41) is 12.4. The fraction of sp³-hybridized carbons (Fsp3) is 0.417. The lowest BCUT2D eigenvalue weighted by Gasteiger charge is -2.16. The van der Waals surface area contributed by atoms with Gasteiger partial charge in [0, 0.05) is 16.0 Å². The lowest BCUT2D eigenvalue weighted by molar-refractivity contribution is -0.121. The molecule has 6 heteroatoms. The number of aliphatic hydroxyl groups excluding tert-OH is 1. The smallest absolute Gasteiger partial charge is 0.233 e. The number of halogens is 2. The Bertz CT molecular complexity index is 429. The Labute approximate surface area is 121 Å². The van der Waals surface area contributed by atoms with E-state index in [-0.39, 0.29) is 23.8 Å². The van der Waals surface area contributed by atoms with Gasteiger partial charge in [-0.2, -0.15) is 0 Å². The predicted molar refractivity (Wildman–Crippen MR) is 76.5 cm³/mol. The highest BCUT2D eigenvalue weighted by Crippen LogP contribution is 2.32. The molecule has 1 rings (SSSR count). The number of carbonyl (C=O) groups is 1. The number of aliphatic hydroxyl groups is 1. The Morgan fingerprint density at radius 1 is 1.44 bits per heavy atom. The molecule has 0 saturated heterocycles. The van der Waals surface area contributed by atoms with E-state index in [0.717, 1.165) is 4.90 Å². The van der Waals surface area contributed by atoms with Crippen molar-refractivity contribution in [3.05, 3.63) is 28.2 Å². The van der Waals surface area contributed by atoms with Crippen LogP contribution < -0.4 is 5.32 Å². The van der Waals surface area contributed by atoms with E-state index in [1.807, 2.05) is 0 Å². The van der Waals surface area contributed by atoms with Crippen LogP contribution in [0.1, 0.15) is 13.8 Å². The lowest BCUT2D eigenvalue weighted by Crippen LogP contribution is -2.39. The van der Waals surface area contributed by atoms with E-state index in [4.69, 9.17) is 28.3 Å². The Morgan fingerprint density at radius 2 is 2.11 bits per heavy atom. The highest BCUT2D eigenvalue weighted by atomic mass is 35.5. The summed E-state index contributed by atoms with van der Waals surface area (Å²) in [5.74, 6) is -0.141. The van der Waals surface area contributed by atoms with Crippen molar-refractivity contribution < 1.29 is 9.90 Å². The maximum Gasteiger partial charge on any atom is 0.233 e. The van der Waals surface area contributed by atoms with E-state index in [1.54, 1.807) is 32.0 Å². The first-order valence-corrected chi connectivity index (χ1v) is 7.10. The topological polar surface area (TPSA) is 49.3 Å². The van der Waals surface area contributed by atoms with Gasteiger partial charge in [-0.05, 0) is 32.0 Å². The molecule has 0 aliphatic heterocycles. The molecule has 2 N–H and O–H groups in total. The second-order valence-corrected chi connectivity index (χ2v) is 6.15. The predicted octanol–water partition coefficient (Wildman–Crippen LogP) is 2.97. The van der Waals surface area contributed by atoms with Gasteiger partial charge in [0.1, 0.15) is 0 Å². The second-order valence-electron chi connectivity index (χ2n) is 3.93. The molecule has 2 atom stereocenters. The Kier molecular flexibility index (Phi) is 6.29. The number of carbonyl (C=O) groups excluding carboxylic acids is 1. The van der Waals surface area contributed by atoms with Gasteiger partial charge in [-0.3, -0.25) is 4.79 Å². The molecule has 0 aromatic heterocycles. The molecule has 0 radical (unpaired) electrons. The van der Waals surface area contributed by atoms with Gasteiger partial charge >= 0.3 is 0 Å². The number of benzene rings is 1. The number of rotatable bonds is 5. The third-order valence-corrected chi connectivity index (χ3v) is 4.06. The average molecular weight is 308 g/mol. The van der Waals surface area contributed by atoms with Crippen molar-refractivity contribution in [3.63, 3.8) is 0 Å². The summed E-state index contributed by atoms with van der Waals surface area (Å²) in [7, 11) is 0. The van der Waals surface area contributed by atoms with Gasteiger partial charge in [0.15, 0.2) is 0 Å². The number of hydrogen-bond donors (Lipinski definition) is 2. The fourth-order valence-corrected chi connectivity index (χ4v) is 2.64. The van der Waals surface area contributed by atoms with Crippen molar-refractivity contribution in [2.75, 3.05) is 6.61 Å². The van der Waals surface area contributed by atoms with Crippen molar-refractivity contribution in [3.8, 4) is 0 Å². The van der Waals surface area contributed by atoms with Crippen LogP contribution in [-0.4, -0.2) is 28.9 Å². The summed E-state index contributed by atoms with van der Waals surface area (Å²) in [6.07, 6.45) is 0. The van der Waals surface area contributed by atoms with Crippen molar-refractivity contribution in [2.45, 2.75) is 30.0 Å². The van der Waals surface area contributed by atoms with Crippen molar-refractivity contribution in [1.29, 1.82) is 0 Å². The minimum Gasteiger partial charge on any atom is -0.394 e. The largest absolute Gasteiger partial charge is 0.394 e. The molecule has 2 unspecified atom stereocenters. The molecule has 0 saturated carbocycles. The molecule has 1 aromatic rings. The Morgan fingerprint density at radius 3 is 2.72 bits per heavy atom. The Hall–Kier alpha value is -0.420. The van der Waals surface area contributed by atoms with E-state index < -0.39 is 0 Å². The van der Waals surface area contributed by atoms with Crippen LogP contribution in [0.5, 0.6) is 0 Å². The van der Waals surface area contributed by atoms with Crippen molar-refractivity contribution in [1.82, 2.24) is 5.32 Å². The van der Waals surface area contributed by atoms with E-state index in [0.29, 0.717) is 10.0 Å². The summed E-state index contributed by atoms with van der Waals surface area (Å²) in [4.78, 5) is 12.6. The van der Waals surface area contributed by atoms with E-state index in [2.05, 4.69) is 5.32 Å². The first kappa shape index (κ1) is 15.6. The van der Waals surface area contributed by atoms with E-state index >= 15 is 0 Å². The van der Waals surface area contributed by atoms with Gasteiger partial charge in [-0.25, -0.2) is 0 Å². The zero-order valence-corrected chi connectivity index (χ0v) is 12.4. The van der Waals surface area contributed by atoms with Crippen LogP contribution in [0.25, 0.3) is 0 Å². The number of hydrogen-bond acceptors (Lipinski definition) is 3. The molecule has 1 aromatic carbocycles. The maximum atomic E-state index is 11.8. The first-order chi connectivity index (χ1) is 8.43. The number of amides is 1. The molecule has 18 heavy (non-hydrogen) atoms. The minimum absolute atomic E-state index is 0.0823. The third kappa shape index (κ3) is 4.69. The zero-order valence-electron chi connectivity index (χ0n) is 10.1. The van der Waals surface area contributed by atoms with Gasteiger partial charge in [-0.15, -0.1) is 11.8 Å². The monoisotopic (exact) mass is 307 g/mol. The molecule has 0 spiro atoms. The van der Waals surface area contributed by atoms with Gasteiger partial charge in [-0.1, -0.05) is 23.2 Å². The third-order valence-electron chi connectivity index (χ3n) is 2.23. The molecule has 1 amide bonds. The highest BCUT2D eigenvalue weighted by molar-refractivity contribution is 8.00. The van der Waals surface area contributed by atoms with Crippen LogP contribution in [-0.2, 0) is 4.79 Å². The molecular weight excluding hydrogens is 293 g/mol. The van der Waals surface area contributed by atoms with Gasteiger partial charge < -0.3 is 10.4 Å². The van der Waals surface area contributed by atoms with Crippen LogP contribution >= 0.6 is 35.0 Å². The van der Waals surface area contributed by atoms with Crippen LogP contribution in [0, 0.1) is 0 Å². The highest BCUT2D eigenvalue weighted by Gasteiger charge is 2.17. The van der Waals surface area contributed by atoms with Crippen LogP contribution in [0.15, 0.2) is 23.1 Å². The number of nitrogens with one attached hydrogen (secondary N) is 1. The van der Waals surface area contributed by atoms with Crippen LogP contribution in [0.2, 0.25) is 10.0 Å². The summed E-state index contributed by atoms with van der Waals surface area (Å²) >= 11 is 13.2. The minimum atomic E-state index is -0.310. The van der Waals surface area contributed by atoms with Gasteiger partial charge in [0.2, 0.25) is 5.91 Å². The van der Waals surface area contributed by atoms with Crippen LogP contribution in [0.3, 0.4) is 0 Å². The maximum absolute atomic E-state index is 11.8. The van der Waals surface area contributed by atoms with Crippen molar-refractivity contribution >= 4 is 40.9 Å². The second kappa shape index (κ2) is 7.24. The molecular formula is C12H15Cl2NO2S. The zero-order chi connectivity index (χ0) is 13.7. The lowest BCUT2D eigenvalue weighted by atomic mass is 10.3. The molecule has 0 aliphatic carbocycles. The molecule has 0 heterocycles. The molecule has 0 bridgehead atoms. The fourth-order valence-electron chi connectivity index (χ4n) is 1.22. The summed E-state index contributed by atoms with van der Waals surface area (Å²) in [5.41, 5.74) is 0. The van der Waals surface area contributed by atoms with Gasteiger partial charge in [0.25, 0.3) is 0 Å². The van der Waals surface area contributed by atoms with Gasteiger partial charge in [0.05, 0.1) is 16.9 Å². The quantitative estimate of drug-likeness (QED) is 0.822. The van der Waals surface area contributed by atoms with Crippen molar-refractivity contribution in [2.24, 2.45) is 0 Å². The van der Waals surface area contributed by atoms with E-state index in [1.165, 1.54) is 11.8 Å². The molecule has 100 valence electrons. The standard InChI is InChI=1S/C12H15Cl2NO2S/c1-7(6-16)15-12(17)8(2)18-11-5-9(13)3-4-10(11)14/h3-5,7-8,16H,6H2,1-2H3,(H,15,17).